The van der Waals surface area contributed by atoms with Gasteiger partial charge in [-0.15, -0.1) is 0 Å². The molecule has 2 unspecified atom stereocenters. The van der Waals surface area contributed by atoms with Gasteiger partial charge in [0, 0.05) is 18.3 Å². The summed E-state index contributed by atoms with van der Waals surface area (Å²) >= 11 is 0. The lowest BCUT2D eigenvalue weighted by atomic mass is 9.91. The van der Waals surface area contributed by atoms with Crippen LogP contribution in [0.2, 0.25) is 0 Å². The topological polar surface area (TPSA) is 81.6 Å². The lowest BCUT2D eigenvalue weighted by Gasteiger charge is -2.27. The molecule has 0 spiro atoms. The van der Waals surface area contributed by atoms with Crippen molar-refractivity contribution in [1.29, 1.82) is 0 Å². The standard InChI is InChI=1S/C23H26F2N4O2/c1-13-9-20(31-12-17-18(24)7-4-8-19(17)25)22-27-14(2)21(29(22)11-13)23(30)28-16-6-3-5-15(26)10-16/h4,7-9,11,15-16H,3,5-6,10,12,26H2,1-2H3,(H,28,30). The molecule has 8 heteroatoms. The zero-order valence-electron chi connectivity index (χ0n) is 17.6. The second kappa shape index (κ2) is 8.63. The van der Waals surface area contributed by atoms with Gasteiger partial charge in [-0.25, -0.2) is 13.8 Å². The molecule has 3 N–H and O–H groups in total. The number of amides is 1. The van der Waals surface area contributed by atoms with Gasteiger partial charge in [-0.05, 0) is 63.3 Å². The quantitative estimate of drug-likeness (QED) is 0.648. The summed E-state index contributed by atoms with van der Waals surface area (Å²) in [5.41, 5.74) is 8.09. The Labute approximate surface area is 179 Å². The van der Waals surface area contributed by atoms with Crippen molar-refractivity contribution in [3.63, 3.8) is 0 Å². The van der Waals surface area contributed by atoms with Gasteiger partial charge >= 0.3 is 0 Å². The third-order valence-electron chi connectivity index (χ3n) is 5.70. The molecule has 0 aliphatic heterocycles. The van der Waals surface area contributed by atoms with Gasteiger partial charge in [0.25, 0.3) is 5.91 Å². The van der Waals surface area contributed by atoms with Crippen LogP contribution in [0.4, 0.5) is 8.78 Å². The van der Waals surface area contributed by atoms with Crippen LogP contribution in [0.1, 0.15) is 53.0 Å². The Morgan fingerprint density at radius 2 is 2.03 bits per heavy atom. The highest BCUT2D eigenvalue weighted by atomic mass is 19.1. The van der Waals surface area contributed by atoms with Gasteiger partial charge in [0.05, 0.1) is 11.3 Å². The van der Waals surface area contributed by atoms with Gasteiger partial charge in [-0.2, -0.15) is 0 Å². The van der Waals surface area contributed by atoms with Crippen molar-refractivity contribution in [3.8, 4) is 5.75 Å². The number of carbonyl (C=O) groups is 1. The molecular weight excluding hydrogens is 402 g/mol. The van der Waals surface area contributed by atoms with Crippen LogP contribution in [0.15, 0.2) is 30.5 Å². The molecule has 1 aliphatic rings. The minimum Gasteiger partial charge on any atom is -0.485 e. The second-order valence-electron chi connectivity index (χ2n) is 8.21. The lowest BCUT2D eigenvalue weighted by molar-refractivity contribution is 0.0919. The molecule has 2 heterocycles. The first-order valence-electron chi connectivity index (χ1n) is 10.4. The largest absolute Gasteiger partial charge is 0.485 e. The van der Waals surface area contributed by atoms with E-state index in [2.05, 4.69) is 10.3 Å². The molecule has 6 nitrogen and oxygen atoms in total. The van der Waals surface area contributed by atoms with Crippen LogP contribution in [-0.2, 0) is 6.61 Å². The van der Waals surface area contributed by atoms with E-state index in [1.807, 2.05) is 6.92 Å². The van der Waals surface area contributed by atoms with Crippen LogP contribution in [0.3, 0.4) is 0 Å². The number of carbonyl (C=O) groups excluding carboxylic acids is 1. The van der Waals surface area contributed by atoms with E-state index >= 15 is 0 Å². The van der Waals surface area contributed by atoms with Crippen LogP contribution < -0.4 is 15.8 Å². The monoisotopic (exact) mass is 428 g/mol. The van der Waals surface area contributed by atoms with Gasteiger partial charge in [0.2, 0.25) is 0 Å². The highest BCUT2D eigenvalue weighted by Crippen LogP contribution is 2.26. The number of ether oxygens (including phenoxy) is 1. The number of hydrogen-bond acceptors (Lipinski definition) is 4. The number of nitrogens with zero attached hydrogens (tertiary/aromatic N) is 2. The van der Waals surface area contributed by atoms with E-state index in [-0.39, 0.29) is 30.2 Å². The first kappa shape index (κ1) is 21.2. The summed E-state index contributed by atoms with van der Waals surface area (Å²) in [6, 6.07) is 5.55. The number of rotatable bonds is 5. The molecule has 1 aliphatic carbocycles. The predicted molar refractivity (Wildman–Crippen MR) is 113 cm³/mol. The van der Waals surface area contributed by atoms with Crippen molar-refractivity contribution in [2.75, 3.05) is 0 Å². The van der Waals surface area contributed by atoms with E-state index in [9.17, 15) is 13.6 Å². The van der Waals surface area contributed by atoms with E-state index < -0.39 is 11.6 Å². The smallest absolute Gasteiger partial charge is 0.270 e. The fourth-order valence-corrected chi connectivity index (χ4v) is 4.17. The van der Waals surface area contributed by atoms with Crippen LogP contribution >= 0.6 is 0 Å². The summed E-state index contributed by atoms with van der Waals surface area (Å²) in [6.45, 7) is 3.32. The van der Waals surface area contributed by atoms with E-state index in [1.54, 1.807) is 23.6 Å². The van der Waals surface area contributed by atoms with Gasteiger partial charge in [-0.3, -0.25) is 9.20 Å². The number of nitrogens with two attached hydrogens (primary N) is 1. The van der Waals surface area contributed by atoms with Crippen molar-refractivity contribution in [1.82, 2.24) is 14.7 Å². The van der Waals surface area contributed by atoms with Crippen molar-refractivity contribution < 1.29 is 18.3 Å². The number of halogens is 2. The fourth-order valence-electron chi connectivity index (χ4n) is 4.17. The van der Waals surface area contributed by atoms with Crippen molar-refractivity contribution >= 4 is 11.6 Å². The van der Waals surface area contributed by atoms with Crippen LogP contribution in [0.25, 0.3) is 5.65 Å². The second-order valence-corrected chi connectivity index (χ2v) is 8.21. The molecule has 1 saturated carbocycles. The highest BCUT2D eigenvalue weighted by molar-refractivity contribution is 5.95. The molecule has 3 aromatic rings. The molecule has 1 fully saturated rings. The molecule has 0 bridgehead atoms. The third-order valence-corrected chi connectivity index (χ3v) is 5.70. The molecule has 1 amide bonds. The highest BCUT2D eigenvalue weighted by Gasteiger charge is 2.25. The fraction of sp³-hybridized carbons (Fsp3) is 0.391. The van der Waals surface area contributed by atoms with Crippen LogP contribution in [0.5, 0.6) is 5.75 Å². The SMILES string of the molecule is Cc1cc(OCc2c(F)cccc2F)c2nc(C)c(C(=O)NC3CCCC(N)C3)n2c1. The van der Waals surface area contributed by atoms with Crippen LogP contribution in [-0.4, -0.2) is 27.4 Å². The van der Waals surface area contributed by atoms with Crippen LogP contribution in [0, 0.1) is 25.5 Å². The Morgan fingerprint density at radius 3 is 2.74 bits per heavy atom. The van der Waals surface area contributed by atoms with Gasteiger partial charge in [0.15, 0.2) is 11.4 Å². The number of aromatic nitrogens is 2. The molecule has 2 aromatic heterocycles. The number of nitrogens with one attached hydrogen (secondary N) is 1. The Morgan fingerprint density at radius 1 is 1.29 bits per heavy atom. The number of hydrogen-bond donors (Lipinski definition) is 2. The first-order chi connectivity index (χ1) is 14.8. The molecule has 4 rings (SSSR count). The summed E-state index contributed by atoms with van der Waals surface area (Å²) in [7, 11) is 0. The number of aryl methyl sites for hydroxylation is 2. The maximum absolute atomic E-state index is 14.0. The average molecular weight is 428 g/mol. The summed E-state index contributed by atoms with van der Waals surface area (Å²) < 4.78 is 35.4. The van der Waals surface area contributed by atoms with Crippen molar-refractivity contribution in [2.45, 2.75) is 58.2 Å². The summed E-state index contributed by atoms with van der Waals surface area (Å²) in [6.07, 6.45) is 5.42. The maximum Gasteiger partial charge on any atom is 0.270 e. The Bertz CT molecular complexity index is 1110. The number of imidazole rings is 1. The average Bonchev–Trinajstić information content (AvgIpc) is 3.03. The number of benzene rings is 1. The number of fused-ring (bicyclic) bond motifs is 1. The molecule has 164 valence electrons. The molecule has 0 saturated heterocycles. The van der Waals surface area contributed by atoms with E-state index in [0.717, 1.165) is 31.2 Å². The Kier molecular flexibility index (Phi) is 5.91. The summed E-state index contributed by atoms with van der Waals surface area (Å²) in [4.78, 5) is 17.6. The van der Waals surface area contributed by atoms with Crippen molar-refractivity contribution in [2.24, 2.45) is 5.73 Å². The van der Waals surface area contributed by atoms with E-state index in [0.29, 0.717) is 22.8 Å². The Hall–Kier alpha value is -3.00. The van der Waals surface area contributed by atoms with E-state index in [1.165, 1.54) is 18.2 Å². The van der Waals surface area contributed by atoms with Gasteiger partial charge in [-0.1, -0.05) is 6.07 Å². The zero-order valence-corrected chi connectivity index (χ0v) is 17.6. The van der Waals surface area contributed by atoms with E-state index in [4.69, 9.17) is 10.5 Å². The third kappa shape index (κ3) is 4.39. The van der Waals surface area contributed by atoms with Crippen molar-refractivity contribution in [3.05, 3.63) is 64.6 Å². The normalized spacial score (nSPS) is 18.9. The minimum absolute atomic E-state index is 0.0331. The minimum atomic E-state index is -0.672. The molecule has 31 heavy (non-hydrogen) atoms. The maximum atomic E-state index is 14.0. The zero-order chi connectivity index (χ0) is 22.1. The number of pyridine rings is 1. The molecular formula is C23H26F2N4O2. The first-order valence-corrected chi connectivity index (χ1v) is 10.4. The molecule has 0 radical (unpaired) electrons. The predicted octanol–water partition coefficient (Wildman–Crippen LogP) is 3.81. The molecule has 2 atom stereocenters. The summed E-state index contributed by atoms with van der Waals surface area (Å²) in [5.74, 6) is -1.21. The van der Waals surface area contributed by atoms with Gasteiger partial charge < -0.3 is 15.8 Å². The molecule has 1 aromatic carbocycles. The van der Waals surface area contributed by atoms with Gasteiger partial charge in [0.1, 0.15) is 23.9 Å². The lowest BCUT2D eigenvalue weighted by Crippen LogP contribution is -2.42. The summed E-state index contributed by atoms with van der Waals surface area (Å²) in [5, 5.41) is 3.08. The Balaban J connectivity index is 1.63.